The van der Waals surface area contributed by atoms with Gasteiger partial charge in [-0.25, -0.2) is 0 Å². The van der Waals surface area contributed by atoms with E-state index in [0.29, 0.717) is 25.8 Å². The molecule has 0 spiro atoms. The average molecular weight is 359 g/mol. The van der Waals surface area contributed by atoms with Crippen molar-refractivity contribution < 1.29 is 0 Å². The molecular formula is C23H25N3O. The molecule has 4 heteroatoms. The van der Waals surface area contributed by atoms with Crippen LogP contribution in [0.4, 0.5) is 0 Å². The lowest BCUT2D eigenvalue weighted by Gasteiger charge is -2.26. The molecule has 3 aromatic rings. The molecule has 4 nitrogen and oxygen atoms in total. The van der Waals surface area contributed by atoms with E-state index in [1.807, 2.05) is 56.3 Å². The summed E-state index contributed by atoms with van der Waals surface area (Å²) in [6.45, 7) is 4.48. The summed E-state index contributed by atoms with van der Waals surface area (Å²) >= 11 is 0. The number of rotatable bonds is 6. The summed E-state index contributed by atoms with van der Waals surface area (Å²) in [7, 11) is 0. The fourth-order valence-electron chi connectivity index (χ4n) is 3.64. The minimum Gasteiger partial charge on any atom is -0.326 e. The van der Waals surface area contributed by atoms with Crippen molar-refractivity contribution in [2.24, 2.45) is 5.73 Å². The lowest BCUT2D eigenvalue weighted by atomic mass is 9.74. The lowest BCUT2D eigenvalue weighted by Crippen LogP contribution is -2.26. The van der Waals surface area contributed by atoms with Crippen molar-refractivity contribution >= 4 is 10.9 Å². The molecule has 0 fully saturated rings. The van der Waals surface area contributed by atoms with E-state index >= 15 is 0 Å². The quantitative estimate of drug-likeness (QED) is 0.699. The minimum atomic E-state index is -0.651. The molecule has 0 aliphatic rings. The Bertz CT molecular complexity index is 1060. The predicted molar refractivity (Wildman–Crippen MR) is 110 cm³/mol. The highest BCUT2D eigenvalue weighted by Crippen LogP contribution is 2.33. The van der Waals surface area contributed by atoms with Gasteiger partial charge < -0.3 is 10.7 Å². The van der Waals surface area contributed by atoms with Crippen molar-refractivity contribution in [1.82, 2.24) is 4.98 Å². The molecular weight excluding hydrogens is 334 g/mol. The standard InChI is InChI=1S/C23H25N3O/c1-3-18-11-19-8-9-20(12-21(19)26-22(18)27)23(4-2,15-25)13-16-6-5-7-17(10-16)14-24/h5-12H,3-4,13-14,24H2,1-2H3,(H,26,27). The Labute approximate surface area is 159 Å². The molecule has 0 bridgehead atoms. The van der Waals surface area contributed by atoms with Crippen LogP contribution in [-0.2, 0) is 24.8 Å². The highest BCUT2D eigenvalue weighted by Gasteiger charge is 2.31. The molecule has 1 aromatic heterocycles. The van der Waals surface area contributed by atoms with Crippen LogP contribution in [0.1, 0.15) is 42.5 Å². The largest absolute Gasteiger partial charge is 0.326 e. The topological polar surface area (TPSA) is 82.7 Å². The van der Waals surface area contributed by atoms with Crippen LogP contribution >= 0.6 is 0 Å². The van der Waals surface area contributed by atoms with E-state index in [9.17, 15) is 10.1 Å². The Balaban J connectivity index is 2.08. The van der Waals surface area contributed by atoms with Crippen molar-refractivity contribution in [1.29, 1.82) is 5.26 Å². The molecule has 3 N–H and O–H groups in total. The summed E-state index contributed by atoms with van der Waals surface area (Å²) in [6, 6.07) is 18.5. The molecule has 0 aliphatic heterocycles. The summed E-state index contributed by atoms with van der Waals surface area (Å²) in [6.07, 6.45) is 1.98. The molecule has 1 heterocycles. The van der Waals surface area contributed by atoms with Crippen molar-refractivity contribution in [3.05, 3.63) is 81.1 Å². The van der Waals surface area contributed by atoms with Crippen LogP contribution in [0, 0.1) is 11.3 Å². The number of nitrogens with two attached hydrogens (primary N) is 1. The van der Waals surface area contributed by atoms with Crippen molar-refractivity contribution in [3.8, 4) is 6.07 Å². The minimum absolute atomic E-state index is 0.0585. The summed E-state index contributed by atoms with van der Waals surface area (Å²) in [5.41, 5.74) is 9.68. The zero-order chi connectivity index (χ0) is 19.4. The maximum atomic E-state index is 12.2. The molecule has 0 saturated carbocycles. The molecule has 3 rings (SSSR count). The number of aromatic amines is 1. The van der Waals surface area contributed by atoms with Crippen LogP contribution in [-0.4, -0.2) is 4.98 Å². The zero-order valence-corrected chi connectivity index (χ0v) is 15.9. The van der Waals surface area contributed by atoms with Gasteiger partial charge in [-0.15, -0.1) is 0 Å². The number of pyridine rings is 1. The number of benzene rings is 2. The summed E-state index contributed by atoms with van der Waals surface area (Å²) in [5, 5.41) is 11.1. The van der Waals surface area contributed by atoms with E-state index < -0.39 is 5.41 Å². The average Bonchev–Trinajstić information content (AvgIpc) is 2.71. The Kier molecular flexibility index (Phi) is 5.43. The Morgan fingerprint density at radius 3 is 2.56 bits per heavy atom. The van der Waals surface area contributed by atoms with Crippen LogP contribution in [0.5, 0.6) is 0 Å². The van der Waals surface area contributed by atoms with Gasteiger partial charge in [-0.1, -0.05) is 50.2 Å². The predicted octanol–water partition coefficient (Wildman–Crippen LogP) is 3.96. The number of nitriles is 1. The van der Waals surface area contributed by atoms with Gasteiger partial charge in [-0.2, -0.15) is 5.26 Å². The van der Waals surface area contributed by atoms with E-state index in [1.165, 1.54) is 0 Å². The fraction of sp³-hybridized carbons (Fsp3) is 0.304. The Hall–Kier alpha value is -2.90. The number of aromatic nitrogens is 1. The maximum Gasteiger partial charge on any atom is 0.251 e. The van der Waals surface area contributed by atoms with Crippen LogP contribution in [0.3, 0.4) is 0 Å². The van der Waals surface area contributed by atoms with Gasteiger partial charge in [-0.05, 0) is 53.5 Å². The van der Waals surface area contributed by atoms with Gasteiger partial charge in [-0.3, -0.25) is 4.79 Å². The number of hydrogen-bond acceptors (Lipinski definition) is 3. The van der Waals surface area contributed by atoms with E-state index in [1.54, 1.807) is 0 Å². The maximum absolute atomic E-state index is 12.2. The Morgan fingerprint density at radius 2 is 1.89 bits per heavy atom. The number of H-pyrrole nitrogens is 1. The van der Waals surface area contributed by atoms with Gasteiger partial charge >= 0.3 is 0 Å². The molecule has 0 saturated heterocycles. The van der Waals surface area contributed by atoms with E-state index in [-0.39, 0.29) is 5.56 Å². The molecule has 1 unspecified atom stereocenters. The van der Waals surface area contributed by atoms with Crippen molar-refractivity contribution in [2.45, 2.75) is 45.1 Å². The smallest absolute Gasteiger partial charge is 0.251 e. The molecule has 0 amide bonds. The van der Waals surface area contributed by atoms with Crippen LogP contribution in [0.2, 0.25) is 0 Å². The first kappa shape index (κ1) is 18.9. The molecule has 138 valence electrons. The number of nitrogens with zero attached hydrogens (tertiary/aromatic N) is 1. The first-order valence-corrected chi connectivity index (χ1v) is 9.40. The zero-order valence-electron chi connectivity index (χ0n) is 15.9. The second-order valence-electron chi connectivity index (χ2n) is 7.03. The van der Waals surface area contributed by atoms with Crippen molar-refractivity contribution in [2.75, 3.05) is 0 Å². The summed E-state index contributed by atoms with van der Waals surface area (Å²) in [4.78, 5) is 15.2. The van der Waals surface area contributed by atoms with Gasteiger partial charge in [0.25, 0.3) is 5.56 Å². The number of hydrogen-bond donors (Lipinski definition) is 2. The number of nitrogens with one attached hydrogen (secondary N) is 1. The summed E-state index contributed by atoms with van der Waals surface area (Å²) < 4.78 is 0. The van der Waals surface area contributed by atoms with Gasteiger partial charge in [0.1, 0.15) is 0 Å². The monoisotopic (exact) mass is 359 g/mol. The first-order chi connectivity index (χ1) is 13.0. The highest BCUT2D eigenvalue weighted by atomic mass is 16.1. The first-order valence-electron chi connectivity index (χ1n) is 9.40. The van der Waals surface area contributed by atoms with Gasteiger partial charge in [0, 0.05) is 17.6 Å². The fourth-order valence-corrected chi connectivity index (χ4v) is 3.64. The van der Waals surface area contributed by atoms with E-state index in [4.69, 9.17) is 5.73 Å². The lowest BCUT2D eigenvalue weighted by molar-refractivity contribution is 0.526. The third-order valence-corrected chi connectivity index (χ3v) is 5.41. The molecule has 27 heavy (non-hydrogen) atoms. The molecule has 0 radical (unpaired) electrons. The number of fused-ring (bicyclic) bond motifs is 1. The van der Waals surface area contributed by atoms with Crippen LogP contribution < -0.4 is 11.3 Å². The highest BCUT2D eigenvalue weighted by molar-refractivity contribution is 5.80. The van der Waals surface area contributed by atoms with Crippen LogP contribution in [0.25, 0.3) is 10.9 Å². The second-order valence-corrected chi connectivity index (χ2v) is 7.03. The SMILES string of the molecule is CCc1cc2ccc(C(C#N)(CC)Cc3cccc(CN)c3)cc2[nH]c1=O. The molecule has 0 aliphatic carbocycles. The van der Waals surface area contributed by atoms with E-state index in [0.717, 1.165) is 33.2 Å². The van der Waals surface area contributed by atoms with Gasteiger partial charge in [0.2, 0.25) is 0 Å². The Morgan fingerprint density at radius 1 is 1.11 bits per heavy atom. The molecule has 2 aromatic carbocycles. The van der Waals surface area contributed by atoms with Gasteiger partial charge in [0.15, 0.2) is 0 Å². The normalized spacial score (nSPS) is 13.3. The van der Waals surface area contributed by atoms with E-state index in [2.05, 4.69) is 17.1 Å². The van der Waals surface area contributed by atoms with Gasteiger partial charge in [0.05, 0.1) is 11.5 Å². The third-order valence-electron chi connectivity index (χ3n) is 5.41. The van der Waals surface area contributed by atoms with Crippen molar-refractivity contribution in [3.63, 3.8) is 0 Å². The molecule has 1 atom stereocenters. The van der Waals surface area contributed by atoms with Crippen LogP contribution in [0.15, 0.2) is 53.3 Å². The second kappa shape index (κ2) is 7.77. The summed E-state index contributed by atoms with van der Waals surface area (Å²) in [5.74, 6) is 0. The number of aryl methyl sites for hydroxylation is 1. The third kappa shape index (κ3) is 3.65.